The summed E-state index contributed by atoms with van der Waals surface area (Å²) >= 11 is 0. The monoisotopic (exact) mass is 795 g/mol. The van der Waals surface area contributed by atoms with Crippen LogP contribution in [0, 0.1) is 0 Å². The zero-order valence-corrected chi connectivity index (χ0v) is 35.1. The second-order valence-electron chi connectivity index (χ2n) is 16.9. The maximum Gasteiger partial charge on any atom is 0.164 e. The molecular weight excluding hydrogens is 751 g/mol. The van der Waals surface area contributed by atoms with E-state index in [-0.39, 0.29) is 5.41 Å². The SMILES string of the molecule is CC(C)(C)c1ccc(-c2nc(-c3cc(-c4ccccc4)cc(-c4cccc(-c5ccccc5)c4)c3)nc(-c3cccc(-c4cc(-c5ccccc5)cc5ccccc45)c3)n2)cc1. The maximum atomic E-state index is 5.33. The van der Waals surface area contributed by atoms with Crippen LogP contribution in [0.15, 0.2) is 218 Å². The first-order valence-corrected chi connectivity index (χ1v) is 21.3. The summed E-state index contributed by atoms with van der Waals surface area (Å²) in [7, 11) is 0. The molecule has 1 heterocycles. The van der Waals surface area contributed by atoms with Gasteiger partial charge in [-0.05, 0) is 120 Å². The van der Waals surface area contributed by atoms with E-state index in [1.165, 1.54) is 38.6 Å². The van der Waals surface area contributed by atoms with Crippen molar-refractivity contribution in [3.05, 3.63) is 224 Å². The van der Waals surface area contributed by atoms with Crippen molar-refractivity contribution in [2.75, 3.05) is 0 Å². The number of hydrogen-bond acceptors (Lipinski definition) is 3. The molecule has 0 saturated heterocycles. The largest absolute Gasteiger partial charge is 0.208 e. The van der Waals surface area contributed by atoms with E-state index in [2.05, 4.69) is 239 Å². The summed E-state index contributed by atoms with van der Waals surface area (Å²) in [4.78, 5) is 15.8. The van der Waals surface area contributed by atoms with Crippen molar-refractivity contribution in [2.24, 2.45) is 0 Å². The van der Waals surface area contributed by atoms with Crippen molar-refractivity contribution >= 4 is 10.8 Å². The maximum absolute atomic E-state index is 5.33. The van der Waals surface area contributed by atoms with Gasteiger partial charge in [0.2, 0.25) is 0 Å². The minimum atomic E-state index is 0.0163. The third kappa shape index (κ3) is 7.97. The summed E-state index contributed by atoms with van der Waals surface area (Å²) in [5, 5.41) is 2.39. The number of fused-ring (bicyclic) bond motifs is 1. The Balaban J connectivity index is 1.15. The van der Waals surface area contributed by atoms with Crippen LogP contribution in [-0.2, 0) is 5.41 Å². The van der Waals surface area contributed by atoms with Crippen molar-refractivity contribution in [3.8, 4) is 89.8 Å². The molecule has 0 fully saturated rings. The Kier molecular flexibility index (Phi) is 10.1. The molecule has 1 aromatic heterocycles. The van der Waals surface area contributed by atoms with E-state index in [9.17, 15) is 0 Å². The van der Waals surface area contributed by atoms with Gasteiger partial charge in [0.05, 0.1) is 0 Å². The van der Waals surface area contributed by atoms with Gasteiger partial charge in [-0.3, -0.25) is 0 Å². The molecule has 0 aliphatic carbocycles. The average Bonchev–Trinajstić information content (AvgIpc) is 3.34. The first-order valence-electron chi connectivity index (χ1n) is 21.3. The van der Waals surface area contributed by atoms with E-state index >= 15 is 0 Å². The molecule has 296 valence electrons. The molecule has 0 bridgehead atoms. The van der Waals surface area contributed by atoms with Crippen LogP contribution < -0.4 is 0 Å². The fourth-order valence-corrected chi connectivity index (χ4v) is 8.28. The molecule has 0 unspecified atom stereocenters. The second-order valence-corrected chi connectivity index (χ2v) is 16.9. The standard InChI is InChI=1S/C59H45N3/c1-59(2,3)53-31-29-43(30-32-53)56-60-57(48-27-16-26-47(34-48)55-39-51(42-21-11-6-12-22-42)35-46-23-13-14-28-54(46)55)62-58(61-56)52-37-49(41-19-9-5-10-20-41)36-50(38-52)45-25-15-24-44(33-45)40-17-7-4-8-18-40/h4-39H,1-3H3. The molecule has 0 saturated carbocycles. The van der Waals surface area contributed by atoms with Gasteiger partial charge in [0, 0.05) is 16.7 Å². The summed E-state index contributed by atoms with van der Waals surface area (Å²) in [6.07, 6.45) is 0. The van der Waals surface area contributed by atoms with Crippen LogP contribution in [0.25, 0.3) is 101 Å². The molecular formula is C59H45N3. The number of aromatic nitrogens is 3. The van der Waals surface area contributed by atoms with E-state index in [4.69, 9.17) is 15.0 Å². The molecule has 62 heavy (non-hydrogen) atoms. The molecule has 10 aromatic rings. The van der Waals surface area contributed by atoms with Crippen molar-refractivity contribution in [1.82, 2.24) is 15.0 Å². The Hall–Kier alpha value is -7.75. The second kappa shape index (κ2) is 16.4. The number of rotatable bonds is 8. The summed E-state index contributed by atoms with van der Waals surface area (Å²) < 4.78 is 0. The van der Waals surface area contributed by atoms with Gasteiger partial charge in [0.1, 0.15) is 0 Å². The highest BCUT2D eigenvalue weighted by Crippen LogP contribution is 2.38. The smallest absolute Gasteiger partial charge is 0.164 e. The van der Waals surface area contributed by atoms with Crippen LogP contribution in [0.2, 0.25) is 0 Å². The Morgan fingerprint density at radius 1 is 0.274 bits per heavy atom. The predicted molar refractivity (Wildman–Crippen MR) is 260 cm³/mol. The predicted octanol–water partition coefficient (Wildman–Crippen LogP) is 15.7. The lowest BCUT2D eigenvalue weighted by molar-refractivity contribution is 0.590. The van der Waals surface area contributed by atoms with Crippen molar-refractivity contribution in [3.63, 3.8) is 0 Å². The number of benzene rings is 9. The molecule has 0 amide bonds. The lowest BCUT2D eigenvalue weighted by Gasteiger charge is -2.19. The Labute approximate surface area is 364 Å². The molecule has 3 heteroatoms. The fraction of sp³-hybridized carbons (Fsp3) is 0.0678. The zero-order valence-electron chi connectivity index (χ0n) is 35.1. The number of nitrogens with zero attached hydrogens (tertiary/aromatic N) is 3. The Morgan fingerprint density at radius 3 is 1.29 bits per heavy atom. The summed E-state index contributed by atoms with van der Waals surface area (Å²) in [6.45, 7) is 6.71. The molecule has 0 spiro atoms. The lowest BCUT2D eigenvalue weighted by Crippen LogP contribution is -2.10. The van der Waals surface area contributed by atoms with Crippen LogP contribution in [0.1, 0.15) is 26.3 Å². The Morgan fingerprint density at radius 2 is 0.677 bits per heavy atom. The van der Waals surface area contributed by atoms with Gasteiger partial charge in [0.25, 0.3) is 0 Å². The van der Waals surface area contributed by atoms with Crippen LogP contribution in [0.4, 0.5) is 0 Å². The highest BCUT2D eigenvalue weighted by Gasteiger charge is 2.18. The molecule has 0 N–H and O–H groups in total. The first kappa shape index (κ1) is 38.5. The van der Waals surface area contributed by atoms with Gasteiger partial charge in [-0.15, -0.1) is 0 Å². The van der Waals surface area contributed by atoms with Crippen molar-refractivity contribution in [2.45, 2.75) is 26.2 Å². The molecule has 0 aliphatic rings. The highest BCUT2D eigenvalue weighted by atomic mass is 15.0. The molecule has 0 aliphatic heterocycles. The first-order chi connectivity index (χ1) is 30.3. The van der Waals surface area contributed by atoms with E-state index in [1.807, 2.05) is 0 Å². The van der Waals surface area contributed by atoms with E-state index < -0.39 is 0 Å². The van der Waals surface area contributed by atoms with Crippen LogP contribution in [-0.4, -0.2) is 15.0 Å². The normalized spacial score (nSPS) is 11.5. The molecule has 9 aromatic carbocycles. The van der Waals surface area contributed by atoms with E-state index in [0.717, 1.165) is 50.1 Å². The third-order valence-electron chi connectivity index (χ3n) is 11.6. The molecule has 0 radical (unpaired) electrons. The molecule has 3 nitrogen and oxygen atoms in total. The van der Waals surface area contributed by atoms with Gasteiger partial charge in [0.15, 0.2) is 17.5 Å². The van der Waals surface area contributed by atoms with Gasteiger partial charge in [-0.1, -0.05) is 197 Å². The van der Waals surface area contributed by atoms with Gasteiger partial charge < -0.3 is 0 Å². The van der Waals surface area contributed by atoms with Gasteiger partial charge >= 0.3 is 0 Å². The minimum absolute atomic E-state index is 0.0163. The van der Waals surface area contributed by atoms with Crippen LogP contribution >= 0.6 is 0 Å². The topological polar surface area (TPSA) is 38.7 Å². The van der Waals surface area contributed by atoms with Gasteiger partial charge in [-0.2, -0.15) is 0 Å². The summed E-state index contributed by atoms with van der Waals surface area (Å²) in [5.74, 6) is 1.86. The fourth-order valence-electron chi connectivity index (χ4n) is 8.28. The lowest BCUT2D eigenvalue weighted by atomic mass is 9.86. The van der Waals surface area contributed by atoms with Crippen LogP contribution in [0.5, 0.6) is 0 Å². The molecule has 0 atom stereocenters. The zero-order chi connectivity index (χ0) is 42.0. The van der Waals surface area contributed by atoms with Crippen molar-refractivity contribution in [1.29, 1.82) is 0 Å². The highest BCUT2D eigenvalue weighted by molar-refractivity contribution is 6.00. The summed E-state index contributed by atoms with van der Waals surface area (Å²) in [5.41, 5.74) is 15.4. The Bertz CT molecular complexity index is 3180. The third-order valence-corrected chi connectivity index (χ3v) is 11.6. The number of hydrogen-bond donors (Lipinski definition) is 0. The quantitative estimate of drug-likeness (QED) is 0.154. The molecule has 10 rings (SSSR count). The van der Waals surface area contributed by atoms with Crippen LogP contribution in [0.3, 0.4) is 0 Å². The van der Waals surface area contributed by atoms with Gasteiger partial charge in [-0.25, -0.2) is 15.0 Å². The average molecular weight is 796 g/mol. The van der Waals surface area contributed by atoms with Crippen molar-refractivity contribution < 1.29 is 0 Å². The summed E-state index contributed by atoms with van der Waals surface area (Å²) in [6, 6.07) is 77.7. The van der Waals surface area contributed by atoms with E-state index in [1.54, 1.807) is 0 Å². The minimum Gasteiger partial charge on any atom is -0.208 e. The van der Waals surface area contributed by atoms with E-state index in [0.29, 0.717) is 17.5 Å².